The van der Waals surface area contributed by atoms with Gasteiger partial charge in [0.2, 0.25) is 88.6 Å². The predicted molar refractivity (Wildman–Crippen MR) is 521 cm³/mol. The fourth-order valence-corrected chi connectivity index (χ4v) is 17.9. The van der Waals surface area contributed by atoms with E-state index in [0.29, 0.717) is 42.5 Å². The van der Waals surface area contributed by atoms with E-state index >= 15 is 0 Å². The molecular formula is C95H146N16O31P2. The van der Waals surface area contributed by atoms with Crippen LogP contribution in [0.15, 0.2) is 84.9 Å². The maximum atomic E-state index is 14.7. The SMILES string of the molecule is CC[C@H](C)[C@@H]([C@@H](CC(=O)N1CCC[C@H]1[C@H](OC)[C@@H](C)C(=O)N[C@H](C)[C@@H](OP(=O)(O)OCc1ccc(NC(=O)CNC(=O)[C@H](Cc2ccccc2)NC(=O)CNC(=O)CNCC(=O)CNC(=O)[C@H](CC(=O)N[C@H]2CCOC2=O)NC(=O)CCOCCOCCOCCOCCNC(=O)[C@H](CNC(=O)CCP(=O)(O)O)N2C(=O)CC(C)C2=O)cc1)c1ccccc1)OC)N(C)C(=O)[C@@H](NC(=O)[C@H](C(C)C)N(C)C)C(C)C. The van der Waals surface area contributed by atoms with Crippen LogP contribution in [0.3, 0.4) is 0 Å². The third-order valence-corrected chi connectivity index (χ3v) is 26.0. The Kier molecular flexibility index (Phi) is 52.5. The van der Waals surface area contributed by atoms with Crippen molar-refractivity contribution in [3.63, 3.8) is 0 Å². The van der Waals surface area contributed by atoms with Crippen LogP contribution in [0, 0.1) is 29.6 Å². The number of ketones is 1. The molecule has 16 atom stereocenters. The Labute approximate surface area is 838 Å². The van der Waals surface area contributed by atoms with E-state index in [1.54, 1.807) is 91.4 Å². The highest BCUT2D eigenvalue weighted by Gasteiger charge is 2.47. The maximum Gasteiger partial charge on any atom is 0.473 e. The standard InChI is InChI=1S/C95H146N16O31P2/c1-15-60(6)85(109(12)94(127)83(58(2)3)107-92(125)84(59(4)5)108(10)11)74(134-13)50-81(119)110-36-22-27-72(110)86(135-14)62(8)88(121)102-63(9)87(66-25-20-17-21-26-66)142-144(132,133)141-57-65-28-30-67(31-29-65)103-79(117)56-101-89(122)70(48-64-23-18-16-19-24-64)106-80(118)55-99-78(116)54-96-51-68(112)52-100-90(123)71(49-77(115)104-69-32-38-140-95(69)128)105-76(114)33-37-136-40-42-138-44-45-139-43-41-137-39-35-97-91(124)73(111-82(120)47-61(7)93(111)126)53-98-75(113)34-46-143(129,130)131/h16-21,23-26,28-31,58-63,69-74,83-87,96H,15,22,27,32-57H2,1-14H3,(H,97,124)(H,98,113)(H,99,116)(H,100,123)(H,101,122)(H,102,121)(H,103,117)(H,104,115)(H,105,114)(H,106,118)(H,107,125)(H,132,133)(H2,129,130,131)/t60-,61?,62+,63+,69-,70-,71-,72-,73-,74+,83-,84-,85-,86+,87+/m0/s1. The first-order valence-electron chi connectivity index (χ1n) is 48.1. The minimum atomic E-state index is -4.96. The Morgan fingerprint density at radius 1 is 0.583 bits per heavy atom. The van der Waals surface area contributed by atoms with Gasteiger partial charge in [0.1, 0.15) is 36.3 Å². The van der Waals surface area contributed by atoms with Gasteiger partial charge in [-0.05, 0) is 80.4 Å². The van der Waals surface area contributed by atoms with E-state index in [2.05, 4.69) is 63.8 Å². The molecule has 3 aromatic rings. The number of phosphoric acid groups is 1. The molecule has 3 fully saturated rings. The number of esters is 1. The van der Waals surface area contributed by atoms with Crippen LogP contribution in [0.25, 0.3) is 0 Å². The van der Waals surface area contributed by atoms with Gasteiger partial charge >= 0.3 is 21.4 Å². The summed E-state index contributed by atoms with van der Waals surface area (Å²) in [7, 11) is -1.17. The normalized spacial score (nSPS) is 17.7. The van der Waals surface area contributed by atoms with Crippen LogP contribution in [0.2, 0.25) is 0 Å². The molecule has 3 aromatic carbocycles. The van der Waals surface area contributed by atoms with Crippen molar-refractivity contribution in [2.24, 2.45) is 29.6 Å². The van der Waals surface area contributed by atoms with Crippen molar-refractivity contribution in [2.45, 2.75) is 206 Å². The van der Waals surface area contributed by atoms with E-state index in [1.165, 1.54) is 45.4 Å². The number of likely N-dealkylation sites (tertiary alicyclic amines) is 2. The van der Waals surface area contributed by atoms with Crippen molar-refractivity contribution in [1.29, 1.82) is 0 Å². The summed E-state index contributed by atoms with van der Waals surface area (Å²) in [6, 6.07) is 14.3. The van der Waals surface area contributed by atoms with Crippen LogP contribution >= 0.6 is 15.4 Å². The van der Waals surface area contributed by atoms with E-state index in [4.69, 9.17) is 52.0 Å². The van der Waals surface area contributed by atoms with Crippen LogP contribution in [0.5, 0.6) is 0 Å². The number of hydrogen-bond acceptors (Lipinski definition) is 30. The highest BCUT2D eigenvalue weighted by molar-refractivity contribution is 7.51. The molecule has 144 heavy (non-hydrogen) atoms. The summed E-state index contributed by atoms with van der Waals surface area (Å²) in [6.45, 7) is 13.4. The molecule has 2 unspecified atom stereocenters. The molecule has 6 rings (SSSR count). The quantitative estimate of drug-likeness (QED) is 0.0149. The Morgan fingerprint density at radius 2 is 1.19 bits per heavy atom. The molecule has 0 spiro atoms. The van der Waals surface area contributed by atoms with Crippen molar-refractivity contribution in [3.05, 3.63) is 102 Å². The minimum absolute atomic E-state index is 0.000361. The molecule has 15 N–H and O–H groups in total. The highest BCUT2D eigenvalue weighted by atomic mass is 31.2. The Bertz CT molecular complexity index is 4820. The number of anilines is 1. The van der Waals surface area contributed by atoms with Gasteiger partial charge in [-0.3, -0.25) is 100 Å². The molecule has 49 heteroatoms. The lowest BCUT2D eigenvalue weighted by molar-refractivity contribution is -0.148. The number of nitrogens with one attached hydrogen (secondary N) is 12. The van der Waals surface area contributed by atoms with Crippen molar-refractivity contribution in [3.8, 4) is 0 Å². The average Bonchev–Trinajstić information content (AvgIpc) is 1.59. The Morgan fingerprint density at radius 3 is 1.78 bits per heavy atom. The van der Waals surface area contributed by atoms with Crippen LogP contribution in [0.1, 0.15) is 143 Å². The van der Waals surface area contributed by atoms with E-state index in [0.717, 1.165) is 4.90 Å². The number of carbonyl (C=O) groups is 17. The lowest BCUT2D eigenvalue weighted by Gasteiger charge is -2.41. The second kappa shape index (κ2) is 62.1. The summed E-state index contributed by atoms with van der Waals surface area (Å²) in [5.41, 5.74) is 1.67. The largest absolute Gasteiger partial charge is 0.473 e. The predicted octanol–water partition coefficient (Wildman–Crippen LogP) is -0.286. The molecule has 0 aliphatic carbocycles. The topological polar surface area (TPSA) is 625 Å². The number of likely N-dealkylation sites (N-methyl/N-ethyl adjacent to an activating group) is 2. The number of carbonyl (C=O) groups excluding carboxylic acids is 17. The van der Waals surface area contributed by atoms with E-state index in [1.807, 2.05) is 60.5 Å². The zero-order chi connectivity index (χ0) is 107. The molecule has 47 nitrogen and oxygen atoms in total. The number of cyclic esters (lactones) is 1. The number of nitrogens with zero attached hydrogens (tertiary/aromatic N) is 4. The van der Waals surface area contributed by atoms with Gasteiger partial charge in [0, 0.05) is 84.6 Å². The molecule has 15 amide bonds. The highest BCUT2D eigenvalue weighted by Crippen LogP contribution is 2.50. The summed E-state index contributed by atoms with van der Waals surface area (Å²) >= 11 is 0. The molecule has 0 saturated carbocycles. The molecule has 802 valence electrons. The fraction of sp³-hybridized carbons (Fsp3) is 0.632. The van der Waals surface area contributed by atoms with Gasteiger partial charge in [0.05, 0.1) is 160 Å². The lowest BCUT2D eigenvalue weighted by atomic mass is 9.89. The first-order chi connectivity index (χ1) is 68.3. The van der Waals surface area contributed by atoms with Crippen molar-refractivity contribution < 1.29 is 148 Å². The monoisotopic (exact) mass is 2070 g/mol. The van der Waals surface area contributed by atoms with E-state index < -0.39 is 247 Å². The number of methoxy groups -OCH3 is 2. The van der Waals surface area contributed by atoms with Gasteiger partial charge < -0.3 is 121 Å². The van der Waals surface area contributed by atoms with Gasteiger partial charge in [-0.15, -0.1) is 0 Å². The van der Waals surface area contributed by atoms with Crippen LogP contribution < -0.4 is 63.8 Å². The average molecular weight is 2070 g/mol. The zero-order valence-electron chi connectivity index (χ0n) is 84.4. The Hall–Kier alpha value is -11.0. The number of phosphoric ester groups is 1. The summed E-state index contributed by atoms with van der Waals surface area (Å²) < 4.78 is 75.5. The second-order valence-electron chi connectivity index (χ2n) is 36.4. The molecular weight excluding hydrogens is 1920 g/mol. The Balaban J connectivity index is 0.899. The second-order valence-corrected chi connectivity index (χ2v) is 39.6. The number of rotatable bonds is 67. The first kappa shape index (κ1) is 122. The van der Waals surface area contributed by atoms with Gasteiger partial charge in [-0.25, -0.2) is 9.36 Å². The number of imide groups is 1. The summed E-state index contributed by atoms with van der Waals surface area (Å²) in [5.74, 6) is -13.0. The molecule has 0 aromatic heterocycles. The number of ether oxygens (including phenoxy) is 7. The molecule has 3 aliphatic heterocycles. The first-order valence-corrected chi connectivity index (χ1v) is 51.4. The van der Waals surface area contributed by atoms with E-state index in [9.17, 15) is 95.5 Å². The lowest BCUT2D eigenvalue weighted by Crippen LogP contribution is -2.59. The van der Waals surface area contributed by atoms with Crippen molar-refractivity contribution in [2.75, 3.05) is 159 Å². The van der Waals surface area contributed by atoms with Crippen molar-refractivity contribution in [1.82, 2.24) is 78.1 Å². The molecule has 3 saturated heterocycles. The number of amides is 15. The minimum Gasteiger partial charge on any atom is -0.464 e. The maximum absolute atomic E-state index is 14.7. The van der Waals surface area contributed by atoms with Gasteiger partial charge in [0.25, 0.3) is 0 Å². The number of benzene rings is 3. The summed E-state index contributed by atoms with van der Waals surface area (Å²) in [5, 5.41) is 30.8. The number of Topliss-reactive ketones (excluding diaryl/α,β-unsaturated/α-hetero) is 1. The van der Waals surface area contributed by atoms with Gasteiger partial charge in [0.15, 0.2) is 5.78 Å². The van der Waals surface area contributed by atoms with Crippen LogP contribution in [-0.2, 0) is 146 Å². The summed E-state index contributed by atoms with van der Waals surface area (Å²) in [4.78, 5) is 261. The van der Waals surface area contributed by atoms with E-state index in [-0.39, 0.29) is 139 Å². The zero-order valence-corrected chi connectivity index (χ0v) is 86.1. The molecule has 3 heterocycles. The molecule has 3 aliphatic rings. The van der Waals surface area contributed by atoms with Crippen LogP contribution in [-0.4, -0.2) is 355 Å². The number of hydrogen-bond donors (Lipinski definition) is 15. The fourth-order valence-electron chi connectivity index (χ4n) is 16.5. The van der Waals surface area contributed by atoms with Crippen molar-refractivity contribution >= 4 is 121 Å². The van der Waals surface area contributed by atoms with Gasteiger partial charge in [-0.1, -0.05) is 135 Å². The smallest absolute Gasteiger partial charge is 0.464 e. The third-order valence-electron chi connectivity index (χ3n) is 24.2. The van der Waals surface area contributed by atoms with Gasteiger partial charge in [-0.2, -0.15) is 0 Å². The third kappa shape index (κ3) is 41.8. The summed E-state index contributed by atoms with van der Waals surface area (Å²) in [6.07, 6.45) is -3.43. The molecule has 0 bridgehead atoms. The molecule has 0 radical (unpaired) electrons. The van der Waals surface area contributed by atoms with Crippen LogP contribution in [0.4, 0.5) is 5.69 Å².